The van der Waals surface area contributed by atoms with E-state index >= 15 is 0 Å². The molecule has 3 nitrogen and oxygen atoms in total. The van der Waals surface area contributed by atoms with Crippen LogP contribution in [0.2, 0.25) is 0 Å². The summed E-state index contributed by atoms with van der Waals surface area (Å²) in [4.78, 5) is 11.3. The Morgan fingerprint density at radius 1 is 1.38 bits per heavy atom. The standard InChI is InChI=1S/C13H25NO2/c1-10(14)12(9-13(15)16-2)8-11-6-4-3-5-7-11/h10-12H,3-9,14H2,1-2H3. The quantitative estimate of drug-likeness (QED) is 0.734. The highest BCUT2D eigenvalue weighted by molar-refractivity contribution is 5.69. The first kappa shape index (κ1) is 13.5. The Morgan fingerprint density at radius 2 is 2.00 bits per heavy atom. The van der Waals surface area contributed by atoms with Gasteiger partial charge in [0, 0.05) is 12.5 Å². The Morgan fingerprint density at radius 3 is 2.50 bits per heavy atom. The van der Waals surface area contributed by atoms with E-state index in [1.807, 2.05) is 6.92 Å². The summed E-state index contributed by atoms with van der Waals surface area (Å²) in [6.07, 6.45) is 8.24. The maximum absolute atomic E-state index is 11.3. The molecule has 0 bridgehead atoms. The molecule has 2 atom stereocenters. The molecule has 1 saturated carbocycles. The van der Waals surface area contributed by atoms with Crippen LogP contribution in [0.1, 0.15) is 51.9 Å². The van der Waals surface area contributed by atoms with Gasteiger partial charge in [-0.15, -0.1) is 0 Å². The number of ether oxygens (including phenoxy) is 1. The molecule has 0 radical (unpaired) electrons. The van der Waals surface area contributed by atoms with E-state index in [0.717, 1.165) is 12.3 Å². The van der Waals surface area contributed by atoms with E-state index < -0.39 is 0 Å². The molecule has 1 rings (SSSR count). The predicted octanol–water partition coefficient (Wildman–Crippen LogP) is 2.48. The van der Waals surface area contributed by atoms with E-state index in [9.17, 15) is 4.79 Å². The molecule has 0 aliphatic heterocycles. The summed E-state index contributed by atoms with van der Waals surface area (Å²) < 4.78 is 4.73. The zero-order valence-electron chi connectivity index (χ0n) is 10.6. The highest BCUT2D eigenvalue weighted by atomic mass is 16.5. The van der Waals surface area contributed by atoms with Crippen LogP contribution < -0.4 is 5.73 Å². The number of hydrogen-bond acceptors (Lipinski definition) is 3. The number of rotatable bonds is 5. The first-order chi connectivity index (χ1) is 7.63. The van der Waals surface area contributed by atoms with E-state index in [4.69, 9.17) is 10.5 Å². The van der Waals surface area contributed by atoms with Gasteiger partial charge < -0.3 is 10.5 Å². The topological polar surface area (TPSA) is 52.3 Å². The smallest absolute Gasteiger partial charge is 0.305 e. The van der Waals surface area contributed by atoms with Crippen molar-refractivity contribution in [1.29, 1.82) is 0 Å². The van der Waals surface area contributed by atoms with Gasteiger partial charge >= 0.3 is 5.97 Å². The van der Waals surface area contributed by atoms with E-state index in [1.54, 1.807) is 0 Å². The lowest BCUT2D eigenvalue weighted by atomic mass is 9.80. The van der Waals surface area contributed by atoms with Gasteiger partial charge in [0.05, 0.1) is 7.11 Å². The van der Waals surface area contributed by atoms with Gasteiger partial charge in [-0.2, -0.15) is 0 Å². The zero-order chi connectivity index (χ0) is 12.0. The molecule has 0 aromatic rings. The summed E-state index contributed by atoms with van der Waals surface area (Å²) in [5.74, 6) is 0.933. The molecule has 0 heterocycles. The summed E-state index contributed by atoms with van der Waals surface area (Å²) in [7, 11) is 1.45. The van der Waals surface area contributed by atoms with Crippen molar-refractivity contribution in [2.45, 2.75) is 57.9 Å². The predicted molar refractivity (Wildman–Crippen MR) is 65.0 cm³/mol. The van der Waals surface area contributed by atoms with E-state index in [0.29, 0.717) is 6.42 Å². The second-order valence-electron chi connectivity index (χ2n) is 5.14. The third-order valence-electron chi connectivity index (χ3n) is 3.76. The average Bonchev–Trinajstić information content (AvgIpc) is 2.29. The molecular formula is C13H25NO2. The van der Waals surface area contributed by atoms with Gasteiger partial charge in [-0.1, -0.05) is 32.1 Å². The molecule has 0 aromatic carbocycles. The maximum Gasteiger partial charge on any atom is 0.305 e. The minimum Gasteiger partial charge on any atom is -0.469 e. The van der Waals surface area contributed by atoms with Crippen LogP contribution in [-0.2, 0) is 9.53 Å². The molecule has 0 amide bonds. The van der Waals surface area contributed by atoms with E-state index in [-0.39, 0.29) is 17.9 Å². The molecule has 2 N–H and O–H groups in total. The molecule has 1 fully saturated rings. The van der Waals surface area contributed by atoms with Crippen LogP contribution in [0, 0.1) is 11.8 Å². The van der Waals surface area contributed by atoms with Crippen LogP contribution in [0.25, 0.3) is 0 Å². The molecule has 0 saturated heterocycles. The van der Waals surface area contributed by atoms with Crippen molar-refractivity contribution >= 4 is 5.97 Å². The summed E-state index contributed by atoms with van der Waals surface area (Å²) >= 11 is 0. The summed E-state index contributed by atoms with van der Waals surface area (Å²) in [6, 6.07) is 0.0843. The second-order valence-corrected chi connectivity index (χ2v) is 5.14. The molecule has 1 aliphatic rings. The average molecular weight is 227 g/mol. The molecular weight excluding hydrogens is 202 g/mol. The molecule has 94 valence electrons. The highest BCUT2D eigenvalue weighted by Gasteiger charge is 2.23. The summed E-state index contributed by atoms with van der Waals surface area (Å²) in [5.41, 5.74) is 5.95. The Kier molecular flexibility index (Phi) is 5.81. The van der Waals surface area contributed by atoms with Crippen LogP contribution in [0.5, 0.6) is 0 Å². The lowest BCUT2D eigenvalue weighted by molar-refractivity contribution is -0.142. The van der Waals surface area contributed by atoms with Gasteiger partial charge in [0.1, 0.15) is 0 Å². The largest absolute Gasteiger partial charge is 0.469 e. The molecule has 1 aliphatic carbocycles. The number of carbonyl (C=O) groups excluding carboxylic acids is 1. The van der Waals surface area contributed by atoms with Crippen LogP contribution in [0.15, 0.2) is 0 Å². The lowest BCUT2D eigenvalue weighted by Gasteiger charge is -2.28. The Hall–Kier alpha value is -0.570. The fraction of sp³-hybridized carbons (Fsp3) is 0.923. The van der Waals surface area contributed by atoms with E-state index in [2.05, 4.69) is 0 Å². The minimum atomic E-state index is -0.127. The van der Waals surface area contributed by atoms with Crippen LogP contribution in [0.4, 0.5) is 0 Å². The van der Waals surface area contributed by atoms with E-state index in [1.165, 1.54) is 39.2 Å². The van der Waals surface area contributed by atoms with Gasteiger partial charge in [0.15, 0.2) is 0 Å². The number of methoxy groups -OCH3 is 1. The van der Waals surface area contributed by atoms with Crippen molar-refractivity contribution in [3.05, 3.63) is 0 Å². The fourth-order valence-corrected chi connectivity index (χ4v) is 2.63. The van der Waals surface area contributed by atoms with Crippen LogP contribution in [-0.4, -0.2) is 19.1 Å². The zero-order valence-corrected chi connectivity index (χ0v) is 10.6. The summed E-state index contributed by atoms with van der Waals surface area (Å²) in [5, 5.41) is 0. The van der Waals surface area contributed by atoms with Gasteiger partial charge in [-0.05, 0) is 25.2 Å². The normalized spacial score (nSPS) is 21.4. The maximum atomic E-state index is 11.3. The van der Waals surface area contributed by atoms with Gasteiger partial charge in [-0.3, -0.25) is 4.79 Å². The molecule has 0 aromatic heterocycles. The lowest BCUT2D eigenvalue weighted by Crippen LogP contribution is -2.31. The van der Waals surface area contributed by atoms with Crippen molar-refractivity contribution in [1.82, 2.24) is 0 Å². The minimum absolute atomic E-state index is 0.0843. The molecule has 0 spiro atoms. The highest BCUT2D eigenvalue weighted by Crippen LogP contribution is 2.31. The monoisotopic (exact) mass is 227 g/mol. The van der Waals surface area contributed by atoms with Crippen molar-refractivity contribution in [3.63, 3.8) is 0 Å². The first-order valence-corrected chi connectivity index (χ1v) is 6.46. The summed E-state index contributed by atoms with van der Waals surface area (Å²) in [6.45, 7) is 2.00. The van der Waals surface area contributed by atoms with Crippen molar-refractivity contribution in [2.24, 2.45) is 17.6 Å². The molecule has 16 heavy (non-hydrogen) atoms. The second kappa shape index (κ2) is 6.89. The molecule has 2 unspecified atom stereocenters. The van der Waals surface area contributed by atoms with Crippen molar-refractivity contribution < 1.29 is 9.53 Å². The van der Waals surface area contributed by atoms with Gasteiger partial charge in [0.2, 0.25) is 0 Å². The van der Waals surface area contributed by atoms with Crippen LogP contribution >= 0.6 is 0 Å². The third-order valence-corrected chi connectivity index (χ3v) is 3.76. The fourth-order valence-electron chi connectivity index (χ4n) is 2.63. The van der Waals surface area contributed by atoms with Gasteiger partial charge in [0.25, 0.3) is 0 Å². The first-order valence-electron chi connectivity index (χ1n) is 6.46. The number of esters is 1. The Labute approximate surface area is 98.7 Å². The molecule has 3 heteroatoms. The number of carbonyl (C=O) groups is 1. The van der Waals surface area contributed by atoms with Gasteiger partial charge in [-0.25, -0.2) is 0 Å². The van der Waals surface area contributed by atoms with Crippen molar-refractivity contribution in [3.8, 4) is 0 Å². The SMILES string of the molecule is COC(=O)CC(CC1CCCCC1)C(C)N. The third kappa shape index (κ3) is 4.52. The number of nitrogens with two attached hydrogens (primary N) is 1. The van der Waals surface area contributed by atoms with Crippen LogP contribution in [0.3, 0.4) is 0 Å². The van der Waals surface area contributed by atoms with Crippen molar-refractivity contribution in [2.75, 3.05) is 7.11 Å². The Bertz CT molecular complexity index is 210. The number of hydrogen-bond donors (Lipinski definition) is 1. The Balaban J connectivity index is 2.40.